The molecule has 3 aromatic rings. The van der Waals surface area contributed by atoms with E-state index in [0.717, 1.165) is 16.7 Å². The van der Waals surface area contributed by atoms with Crippen molar-refractivity contribution in [3.8, 4) is 11.1 Å². The highest BCUT2D eigenvalue weighted by molar-refractivity contribution is 6.10. The number of hydrogen-bond acceptors (Lipinski definition) is 5. The third kappa shape index (κ3) is 3.99. The number of carbonyl (C=O) groups excluding carboxylic acids is 3. The lowest BCUT2D eigenvalue weighted by atomic mass is 9.89. The third-order valence-corrected chi connectivity index (χ3v) is 5.00. The van der Waals surface area contributed by atoms with Crippen molar-refractivity contribution in [2.45, 2.75) is 33.6 Å². The van der Waals surface area contributed by atoms with Gasteiger partial charge in [-0.1, -0.05) is 36.4 Å². The Morgan fingerprint density at radius 1 is 0.967 bits per heavy atom. The second-order valence-corrected chi connectivity index (χ2v) is 7.01. The summed E-state index contributed by atoms with van der Waals surface area (Å²) in [7, 11) is 0. The molecule has 0 amide bonds. The van der Waals surface area contributed by atoms with Gasteiger partial charge < -0.3 is 14.5 Å². The van der Waals surface area contributed by atoms with Crippen molar-refractivity contribution >= 4 is 28.6 Å². The van der Waals surface area contributed by atoms with Gasteiger partial charge in [-0.2, -0.15) is 0 Å². The maximum atomic E-state index is 12.5. The van der Waals surface area contributed by atoms with E-state index in [0.29, 0.717) is 16.5 Å². The van der Waals surface area contributed by atoms with E-state index in [4.69, 9.17) is 9.47 Å². The van der Waals surface area contributed by atoms with Gasteiger partial charge in [0.1, 0.15) is 17.4 Å². The molecule has 3 rings (SSSR count). The Morgan fingerprint density at radius 2 is 1.67 bits per heavy atom. The van der Waals surface area contributed by atoms with Gasteiger partial charge in [0.2, 0.25) is 0 Å². The Balaban J connectivity index is 2.28. The Bertz CT molecular complexity index is 1110. The molecule has 0 spiro atoms. The predicted molar refractivity (Wildman–Crippen MR) is 114 cm³/mol. The van der Waals surface area contributed by atoms with Gasteiger partial charge >= 0.3 is 11.9 Å². The Labute approximate surface area is 175 Å². The number of hydrogen-bond donors (Lipinski definition) is 1. The number of ether oxygens (including phenoxy) is 2. The highest BCUT2D eigenvalue weighted by atomic mass is 16.5. The maximum Gasteiger partial charge on any atom is 0.354 e. The fourth-order valence-corrected chi connectivity index (χ4v) is 3.65. The highest BCUT2D eigenvalue weighted by Crippen LogP contribution is 2.36. The van der Waals surface area contributed by atoms with Crippen LogP contribution >= 0.6 is 0 Å². The summed E-state index contributed by atoms with van der Waals surface area (Å²) in [6, 6.07) is 13.1. The van der Waals surface area contributed by atoms with Crippen LogP contribution < -0.4 is 0 Å². The zero-order valence-corrected chi connectivity index (χ0v) is 17.6. The predicted octanol–water partition coefficient (Wildman–Crippen LogP) is 4.56. The van der Waals surface area contributed by atoms with Crippen LogP contribution in [0.15, 0.2) is 42.5 Å². The van der Waals surface area contributed by atoms with Crippen molar-refractivity contribution in [1.29, 1.82) is 0 Å². The van der Waals surface area contributed by atoms with Crippen LogP contribution in [0.25, 0.3) is 22.0 Å². The second kappa shape index (κ2) is 8.95. The molecule has 1 aromatic heterocycles. The number of ketones is 1. The largest absolute Gasteiger partial charge is 0.465 e. The minimum atomic E-state index is -1.07. The quantitative estimate of drug-likeness (QED) is 0.458. The van der Waals surface area contributed by atoms with Crippen molar-refractivity contribution in [1.82, 2.24) is 4.98 Å². The molecule has 1 heterocycles. The first-order valence-electron chi connectivity index (χ1n) is 9.94. The molecule has 0 bridgehead atoms. The number of rotatable bonds is 7. The van der Waals surface area contributed by atoms with Crippen molar-refractivity contribution in [3.63, 3.8) is 0 Å². The lowest BCUT2D eigenvalue weighted by molar-refractivity contribution is -0.147. The molecule has 1 unspecified atom stereocenters. The van der Waals surface area contributed by atoms with Gasteiger partial charge in [-0.25, -0.2) is 4.79 Å². The molecule has 0 aliphatic rings. The molecule has 30 heavy (non-hydrogen) atoms. The first-order chi connectivity index (χ1) is 14.4. The molecule has 6 nitrogen and oxygen atoms in total. The van der Waals surface area contributed by atoms with Gasteiger partial charge in [0.25, 0.3) is 0 Å². The van der Waals surface area contributed by atoms with Crippen LogP contribution in [0.4, 0.5) is 0 Å². The summed E-state index contributed by atoms with van der Waals surface area (Å²) in [5.74, 6) is -2.48. The number of aromatic nitrogens is 1. The van der Waals surface area contributed by atoms with Crippen LogP contribution in [-0.2, 0) is 19.1 Å². The molecule has 0 aliphatic carbocycles. The topological polar surface area (TPSA) is 85.5 Å². The normalized spacial score (nSPS) is 11.9. The summed E-state index contributed by atoms with van der Waals surface area (Å²) in [6.45, 7) is 7.21. The minimum absolute atomic E-state index is 0.175. The van der Waals surface area contributed by atoms with Crippen molar-refractivity contribution in [3.05, 3.63) is 59.3 Å². The van der Waals surface area contributed by atoms with E-state index < -0.39 is 17.9 Å². The molecular formula is C24H25NO5. The Morgan fingerprint density at radius 3 is 2.30 bits per heavy atom. The molecule has 1 N–H and O–H groups in total. The van der Waals surface area contributed by atoms with Crippen LogP contribution in [0.2, 0.25) is 0 Å². The summed E-state index contributed by atoms with van der Waals surface area (Å²) in [4.78, 5) is 40.4. The standard InChI is InChI=1S/C24H25NO5/c1-5-29-23(27)20-13-19-17(21(15(4)26)24(28)30-6-2)11-12-18(22(19)25-20)16-10-8-7-9-14(16)3/h7-13,21,25H,5-6H2,1-4H3. The van der Waals surface area contributed by atoms with Crippen LogP contribution in [-0.4, -0.2) is 35.9 Å². The number of carbonyl (C=O) groups is 3. The average molecular weight is 407 g/mol. The number of Topliss-reactive ketones (excluding diaryl/α,β-unsaturated/α-hetero) is 1. The van der Waals surface area contributed by atoms with E-state index in [1.165, 1.54) is 6.92 Å². The molecule has 0 fully saturated rings. The molecule has 0 aliphatic heterocycles. The van der Waals surface area contributed by atoms with E-state index in [1.54, 1.807) is 26.0 Å². The zero-order valence-electron chi connectivity index (χ0n) is 17.6. The number of fused-ring (bicyclic) bond motifs is 1. The van der Waals surface area contributed by atoms with Gasteiger partial charge in [-0.05, 0) is 50.5 Å². The number of aryl methyl sites for hydroxylation is 1. The van der Waals surface area contributed by atoms with E-state index in [1.807, 2.05) is 37.3 Å². The summed E-state index contributed by atoms with van der Waals surface area (Å²) in [6.07, 6.45) is 0. The van der Waals surface area contributed by atoms with Crippen LogP contribution in [0.1, 0.15) is 48.3 Å². The molecule has 1 atom stereocenters. The fraction of sp³-hybridized carbons (Fsp3) is 0.292. The van der Waals surface area contributed by atoms with E-state index in [-0.39, 0.29) is 24.7 Å². The number of benzene rings is 2. The van der Waals surface area contributed by atoms with Crippen LogP contribution in [0.5, 0.6) is 0 Å². The summed E-state index contributed by atoms with van der Waals surface area (Å²) in [5, 5.41) is 0.618. The zero-order chi connectivity index (χ0) is 21.8. The highest BCUT2D eigenvalue weighted by Gasteiger charge is 2.30. The SMILES string of the molecule is CCOC(=O)c1cc2c(C(C(C)=O)C(=O)OCC)ccc(-c3ccccc3C)c2[nH]1. The van der Waals surface area contributed by atoms with Crippen molar-refractivity contribution in [2.75, 3.05) is 13.2 Å². The van der Waals surface area contributed by atoms with E-state index in [2.05, 4.69) is 4.98 Å². The van der Waals surface area contributed by atoms with Gasteiger partial charge in [0.05, 0.1) is 18.7 Å². The summed E-state index contributed by atoms with van der Waals surface area (Å²) < 4.78 is 10.3. The number of aromatic amines is 1. The van der Waals surface area contributed by atoms with Gasteiger partial charge in [0, 0.05) is 10.9 Å². The number of nitrogens with one attached hydrogen (secondary N) is 1. The molecule has 156 valence electrons. The minimum Gasteiger partial charge on any atom is -0.465 e. The molecular weight excluding hydrogens is 382 g/mol. The Kier molecular flexibility index (Phi) is 6.35. The number of H-pyrrole nitrogens is 1. The third-order valence-electron chi connectivity index (χ3n) is 5.00. The lowest BCUT2D eigenvalue weighted by Gasteiger charge is -2.16. The monoisotopic (exact) mass is 407 g/mol. The smallest absolute Gasteiger partial charge is 0.354 e. The molecule has 6 heteroatoms. The van der Waals surface area contributed by atoms with Crippen LogP contribution in [0.3, 0.4) is 0 Å². The Hall–Kier alpha value is -3.41. The first-order valence-corrected chi connectivity index (χ1v) is 9.94. The molecule has 2 aromatic carbocycles. The van der Waals surface area contributed by atoms with Crippen molar-refractivity contribution < 1.29 is 23.9 Å². The van der Waals surface area contributed by atoms with E-state index >= 15 is 0 Å². The molecule has 0 saturated carbocycles. The number of esters is 2. The average Bonchev–Trinajstić information content (AvgIpc) is 3.15. The van der Waals surface area contributed by atoms with Crippen molar-refractivity contribution in [2.24, 2.45) is 0 Å². The summed E-state index contributed by atoms with van der Waals surface area (Å²) in [5.41, 5.74) is 4.35. The lowest BCUT2D eigenvalue weighted by Crippen LogP contribution is -2.22. The van der Waals surface area contributed by atoms with Gasteiger partial charge in [0.15, 0.2) is 0 Å². The van der Waals surface area contributed by atoms with Gasteiger partial charge in [-0.3, -0.25) is 9.59 Å². The first kappa shape index (κ1) is 21.3. The molecule has 0 saturated heterocycles. The van der Waals surface area contributed by atoms with Gasteiger partial charge in [-0.15, -0.1) is 0 Å². The van der Waals surface area contributed by atoms with Crippen LogP contribution in [0, 0.1) is 6.92 Å². The summed E-state index contributed by atoms with van der Waals surface area (Å²) >= 11 is 0. The maximum absolute atomic E-state index is 12.5. The fourth-order valence-electron chi connectivity index (χ4n) is 3.65. The van der Waals surface area contributed by atoms with E-state index in [9.17, 15) is 14.4 Å². The second-order valence-electron chi connectivity index (χ2n) is 7.01. The molecule has 0 radical (unpaired) electrons.